The van der Waals surface area contributed by atoms with Crippen LogP contribution in [0.5, 0.6) is 17.2 Å². The molecular formula is C23H17N3O5S. The molecule has 0 atom stereocenters. The fourth-order valence-corrected chi connectivity index (χ4v) is 3.47. The summed E-state index contributed by atoms with van der Waals surface area (Å²) < 4.78 is 21.7. The first-order chi connectivity index (χ1) is 15.6. The first-order valence-corrected chi connectivity index (χ1v) is 10.1. The Morgan fingerprint density at radius 1 is 1.06 bits per heavy atom. The molecule has 1 aliphatic rings. The van der Waals surface area contributed by atoms with E-state index in [0.717, 1.165) is 11.3 Å². The SMILES string of the molecule is COc1cccc(-c2nc3cc(NC(=S)NC(=O)c4ccc5c(c4)OCO5)ccc3o2)c1. The lowest BCUT2D eigenvalue weighted by Crippen LogP contribution is -2.34. The number of aromatic nitrogens is 1. The number of oxazole rings is 1. The largest absolute Gasteiger partial charge is 0.497 e. The van der Waals surface area contributed by atoms with Gasteiger partial charge in [0, 0.05) is 16.8 Å². The van der Waals surface area contributed by atoms with Crippen molar-refractivity contribution in [1.82, 2.24) is 10.3 Å². The van der Waals surface area contributed by atoms with Gasteiger partial charge < -0.3 is 23.9 Å². The molecule has 0 bridgehead atoms. The molecule has 0 aliphatic carbocycles. The summed E-state index contributed by atoms with van der Waals surface area (Å²) in [5.41, 5.74) is 3.16. The van der Waals surface area contributed by atoms with Crippen LogP contribution in [-0.2, 0) is 0 Å². The molecule has 0 spiro atoms. The molecule has 3 aromatic carbocycles. The van der Waals surface area contributed by atoms with Gasteiger partial charge in [0.2, 0.25) is 12.7 Å². The van der Waals surface area contributed by atoms with Crippen molar-refractivity contribution in [1.29, 1.82) is 0 Å². The van der Waals surface area contributed by atoms with Crippen LogP contribution >= 0.6 is 12.2 Å². The Hall–Kier alpha value is -4.11. The van der Waals surface area contributed by atoms with Crippen molar-refractivity contribution in [2.45, 2.75) is 0 Å². The van der Waals surface area contributed by atoms with Gasteiger partial charge in [0.15, 0.2) is 22.2 Å². The van der Waals surface area contributed by atoms with Gasteiger partial charge in [-0.25, -0.2) is 4.98 Å². The zero-order chi connectivity index (χ0) is 22.1. The number of amides is 1. The number of nitrogens with one attached hydrogen (secondary N) is 2. The first kappa shape index (κ1) is 19.8. The molecule has 8 nitrogen and oxygen atoms in total. The third-order valence-corrected chi connectivity index (χ3v) is 5.03. The van der Waals surface area contributed by atoms with Crippen LogP contribution in [0, 0.1) is 0 Å². The lowest BCUT2D eigenvalue weighted by molar-refractivity contribution is 0.0977. The van der Waals surface area contributed by atoms with E-state index in [2.05, 4.69) is 15.6 Å². The van der Waals surface area contributed by atoms with E-state index in [1.807, 2.05) is 24.3 Å². The standard InChI is InChI=1S/C23H17N3O5S/c1-28-16-4-2-3-14(9-16)22-25-17-11-15(6-8-18(17)31-22)24-23(32)26-21(27)13-5-7-19-20(10-13)30-12-29-19/h2-11H,12H2,1H3,(H2,24,26,27,32). The number of rotatable bonds is 4. The molecule has 9 heteroatoms. The predicted molar refractivity (Wildman–Crippen MR) is 122 cm³/mol. The smallest absolute Gasteiger partial charge is 0.257 e. The number of anilines is 1. The van der Waals surface area contributed by atoms with E-state index in [0.29, 0.717) is 39.7 Å². The van der Waals surface area contributed by atoms with Crippen LogP contribution < -0.4 is 24.8 Å². The summed E-state index contributed by atoms with van der Waals surface area (Å²) in [5.74, 6) is 1.98. The molecular weight excluding hydrogens is 430 g/mol. The minimum Gasteiger partial charge on any atom is -0.497 e. The molecule has 0 saturated carbocycles. The summed E-state index contributed by atoms with van der Waals surface area (Å²) in [5, 5.41) is 5.81. The highest BCUT2D eigenvalue weighted by atomic mass is 32.1. The van der Waals surface area contributed by atoms with E-state index in [4.69, 9.17) is 30.8 Å². The Bertz CT molecular complexity index is 1350. The number of carbonyl (C=O) groups is 1. The molecule has 2 N–H and O–H groups in total. The van der Waals surface area contributed by atoms with Crippen LogP contribution in [0.15, 0.2) is 65.1 Å². The van der Waals surface area contributed by atoms with Crippen LogP contribution in [-0.4, -0.2) is 29.9 Å². The lowest BCUT2D eigenvalue weighted by Gasteiger charge is -2.09. The third kappa shape index (κ3) is 3.93. The maximum atomic E-state index is 12.5. The van der Waals surface area contributed by atoms with Gasteiger partial charge in [-0.05, 0) is 66.8 Å². The number of ether oxygens (including phenoxy) is 3. The second kappa shape index (κ2) is 8.20. The molecule has 160 valence electrons. The first-order valence-electron chi connectivity index (χ1n) is 9.66. The highest BCUT2D eigenvalue weighted by Gasteiger charge is 2.17. The number of benzene rings is 3. The van der Waals surface area contributed by atoms with Gasteiger partial charge in [-0.1, -0.05) is 6.07 Å². The van der Waals surface area contributed by atoms with Crippen molar-refractivity contribution in [2.75, 3.05) is 19.2 Å². The maximum absolute atomic E-state index is 12.5. The number of methoxy groups -OCH3 is 1. The number of nitrogens with zero attached hydrogens (tertiary/aromatic N) is 1. The molecule has 1 aromatic heterocycles. The van der Waals surface area contributed by atoms with Gasteiger partial charge in [-0.2, -0.15) is 0 Å². The van der Waals surface area contributed by atoms with Crippen LogP contribution in [0.4, 0.5) is 5.69 Å². The predicted octanol–water partition coefficient (Wildman–Crippen LogP) is 4.36. The number of carbonyl (C=O) groups excluding carboxylic acids is 1. The van der Waals surface area contributed by atoms with Crippen LogP contribution in [0.2, 0.25) is 0 Å². The summed E-state index contributed by atoms with van der Waals surface area (Å²) in [6.07, 6.45) is 0. The average Bonchev–Trinajstić information content (AvgIpc) is 3.45. The van der Waals surface area contributed by atoms with Gasteiger partial charge in [0.1, 0.15) is 11.3 Å². The normalized spacial score (nSPS) is 11.9. The Labute approximate surface area is 188 Å². The molecule has 1 aliphatic heterocycles. The Kier molecular flexibility index (Phi) is 5.08. The topological polar surface area (TPSA) is 94.9 Å². The van der Waals surface area contributed by atoms with Crippen molar-refractivity contribution in [3.8, 4) is 28.7 Å². The fraction of sp³-hybridized carbons (Fsp3) is 0.0870. The average molecular weight is 447 g/mol. The zero-order valence-electron chi connectivity index (χ0n) is 16.9. The Morgan fingerprint density at radius 2 is 1.94 bits per heavy atom. The molecule has 32 heavy (non-hydrogen) atoms. The van der Waals surface area contributed by atoms with Crippen molar-refractivity contribution in [3.63, 3.8) is 0 Å². The number of hydrogen-bond donors (Lipinski definition) is 2. The van der Waals surface area contributed by atoms with E-state index in [1.165, 1.54) is 0 Å². The second-order valence-electron chi connectivity index (χ2n) is 6.91. The second-order valence-corrected chi connectivity index (χ2v) is 7.32. The lowest BCUT2D eigenvalue weighted by atomic mass is 10.2. The Balaban J connectivity index is 1.29. The fourth-order valence-electron chi connectivity index (χ4n) is 3.26. The van der Waals surface area contributed by atoms with E-state index in [1.54, 1.807) is 43.5 Å². The van der Waals surface area contributed by atoms with Crippen molar-refractivity contribution in [3.05, 3.63) is 66.2 Å². The molecule has 0 radical (unpaired) electrons. The molecule has 4 aromatic rings. The van der Waals surface area contributed by atoms with Crippen LogP contribution in [0.1, 0.15) is 10.4 Å². The number of thiocarbonyl (C=S) groups is 1. The van der Waals surface area contributed by atoms with Crippen LogP contribution in [0.25, 0.3) is 22.6 Å². The van der Waals surface area contributed by atoms with Gasteiger partial charge in [-0.3, -0.25) is 10.1 Å². The highest BCUT2D eigenvalue weighted by molar-refractivity contribution is 7.80. The maximum Gasteiger partial charge on any atom is 0.257 e. The van der Waals surface area contributed by atoms with Crippen molar-refractivity contribution < 1.29 is 23.4 Å². The van der Waals surface area contributed by atoms with Crippen molar-refractivity contribution in [2.24, 2.45) is 0 Å². The summed E-state index contributed by atoms with van der Waals surface area (Å²) in [6, 6.07) is 17.8. The zero-order valence-corrected chi connectivity index (χ0v) is 17.7. The summed E-state index contributed by atoms with van der Waals surface area (Å²) in [4.78, 5) is 17.0. The summed E-state index contributed by atoms with van der Waals surface area (Å²) >= 11 is 5.29. The number of hydrogen-bond acceptors (Lipinski definition) is 7. The van der Waals surface area contributed by atoms with Gasteiger partial charge in [-0.15, -0.1) is 0 Å². The monoisotopic (exact) mass is 447 g/mol. The van der Waals surface area contributed by atoms with E-state index in [-0.39, 0.29) is 17.8 Å². The van der Waals surface area contributed by atoms with Crippen LogP contribution in [0.3, 0.4) is 0 Å². The Morgan fingerprint density at radius 3 is 2.81 bits per heavy atom. The van der Waals surface area contributed by atoms with Gasteiger partial charge in [0.05, 0.1) is 7.11 Å². The van der Waals surface area contributed by atoms with Gasteiger partial charge in [0.25, 0.3) is 5.91 Å². The summed E-state index contributed by atoms with van der Waals surface area (Å²) in [6.45, 7) is 0.143. The third-order valence-electron chi connectivity index (χ3n) is 4.82. The molecule has 0 fully saturated rings. The number of fused-ring (bicyclic) bond motifs is 2. The molecule has 0 unspecified atom stereocenters. The highest BCUT2D eigenvalue weighted by Crippen LogP contribution is 2.32. The van der Waals surface area contributed by atoms with E-state index >= 15 is 0 Å². The minimum atomic E-state index is -0.358. The molecule has 5 rings (SSSR count). The summed E-state index contributed by atoms with van der Waals surface area (Å²) in [7, 11) is 1.61. The molecule has 1 amide bonds. The minimum absolute atomic E-state index is 0.143. The van der Waals surface area contributed by atoms with E-state index < -0.39 is 0 Å². The van der Waals surface area contributed by atoms with Gasteiger partial charge >= 0.3 is 0 Å². The van der Waals surface area contributed by atoms with E-state index in [9.17, 15) is 4.79 Å². The molecule has 0 saturated heterocycles. The quantitative estimate of drug-likeness (QED) is 0.446. The molecule has 2 heterocycles. The van der Waals surface area contributed by atoms with Crippen molar-refractivity contribution >= 4 is 40.0 Å².